The van der Waals surface area contributed by atoms with Gasteiger partial charge in [0.25, 0.3) is 0 Å². The van der Waals surface area contributed by atoms with Gasteiger partial charge in [0.2, 0.25) is 0 Å². The van der Waals surface area contributed by atoms with Gasteiger partial charge in [-0.2, -0.15) is 0 Å². The molecule has 30 heavy (non-hydrogen) atoms. The minimum absolute atomic E-state index is 0.523. The fraction of sp³-hybridized carbons (Fsp3) is 0.375. The first-order chi connectivity index (χ1) is 14.4. The van der Waals surface area contributed by atoms with E-state index in [1.165, 1.54) is 11.3 Å². The van der Waals surface area contributed by atoms with Crippen molar-refractivity contribution >= 4 is 23.5 Å². The second-order valence-corrected chi connectivity index (χ2v) is 8.07. The summed E-state index contributed by atoms with van der Waals surface area (Å²) >= 11 is 0. The average molecular weight is 409 g/mol. The van der Waals surface area contributed by atoms with E-state index in [4.69, 9.17) is 5.73 Å². The van der Waals surface area contributed by atoms with E-state index >= 15 is 0 Å². The number of primary amides is 1. The summed E-state index contributed by atoms with van der Waals surface area (Å²) in [5.74, 6) is 0.551. The van der Waals surface area contributed by atoms with Gasteiger partial charge in [0.05, 0.1) is 6.10 Å². The third kappa shape index (κ3) is 6.34. The molecule has 0 saturated carbocycles. The molecule has 1 fully saturated rings. The summed E-state index contributed by atoms with van der Waals surface area (Å²) in [6.07, 6.45) is 3.18. The van der Waals surface area contributed by atoms with Crippen molar-refractivity contribution in [1.29, 1.82) is 0 Å². The molecule has 160 valence electrons. The van der Waals surface area contributed by atoms with Crippen LogP contribution in [0.2, 0.25) is 0 Å². The van der Waals surface area contributed by atoms with E-state index in [0.29, 0.717) is 18.2 Å². The first-order valence-electron chi connectivity index (χ1n) is 10.5. The highest BCUT2D eigenvalue weighted by atomic mass is 16.3. The van der Waals surface area contributed by atoms with Crippen molar-refractivity contribution in [2.45, 2.75) is 25.9 Å². The van der Waals surface area contributed by atoms with Gasteiger partial charge >= 0.3 is 6.03 Å². The lowest BCUT2D eigenvalue weighted by Gasteiger charge is -2.36. The van der Waals surface area contributed by atoms with Crippen molar-refractivity contribution < 1.29 is 9.90 Å². The van der Waals surface area contributed by atoms with E-state index in [2.05, 4.69) is 53.2 Å². The van der Waals surface area contributed by atoms with Crippen molar-refractivity contribution in [3.8, 4) is 0 Å². The topological polar surface area (TPSA) is 81.8 Å². The Bertz CT molecular complexity index is 839. The molecule has 1 saturated heterocycles. The van der Waals surface area contributed by atoms with Crippen LogP contribution in [-0.4, -0.2) is 54.9 Å². The summed E-state index contributed by atoms with van der Waals surface area (Å²) in [5.41, 5.74) is 9.35. The Morgan fingerprint density at radius 2 is 1.70 bits per heavy atom. The molecule has 3 rings (SSSR count). The zero-order valence-corrected chi connectivity index (χ0v) is 17.8. The molecule has 6 heteroatoms. The second kappa shape index (κ2) is 10.3. The number of anilines is 2. The summed E-state index contributed by atoms with van der Waals surface area (Å²) < 4.78 is 0. The normalized spacial score (nSPS) is 16.2. The summed E-state index contributed by atoms with van der Waals surface area (Å²) in [4.78, 5) is 15.6. The number of carbonyl (C=O) groups is 1. The Hall–Kier alpha value is -2.83. The van der Waals surface area contributed by atoms with Crippen molar-refractivity contribution in [3.05, 3.63) is 65.7 Å². The van der Waals surface area contributed by atoms with Crippen molar-refractivity contribution in [2.75, 3.05) is 42.9 Å². The van der Waals surface area contributed by atoms with Gasteiger partial charge in [-0.25, -0.2) is 4.79 Å². The van der Waals surface area contributed by atoms with Crippen molar-refractivity contribution in [2.24, 2.45) is 5.73 Å². The number of nitrogens with two attached hydrogens (primary N) is 1. The second-order valence-electron chi connectivity index (χ2n) is 8.07. The highest BCUT2D eigenvalue weighted by Crippen LogP contribution is 2.21. The predicted octanol–water partition coefficient (Wildman–Crippen LogP) is 3.50. The SMILES string of the molecule is CC(C)c1ccc(N2CCN(CC(O)C=Cc3ccc(NC(N)=O)cc3)CC2)cc1. The van der Waals surface area contributed by atoms with E-state index in [0.717, 1.165) is 31.7 Å². The molecule has 1 aliphatic rings. The maximum absolute atomic E-state index is 10.9. The largest absolute Gasteiger partial charge is 0.388 e. The monoisotopic (exact) mass is 408 g/mol. The maximum Gasteiger partial charge on any atom is 0.316 e. The number of carbonyl (C=O) groups excluding carboxylic acids is 1. The molecule has 1 heterocycles. The zero-order chi connectivity index (χ0) is 21.5. The van der Waals surface area contributed by atoms with Crippen LogP contribution in [0.1, 0.15) is 30.9 Å². The van der Waals surface area contributed by atoms with Crippen LogP contribution < -0.4 is 16.0 Å². The fourth-order valence-corrected chi connectivity index (χ4v) is 3.63. The fourth-order valence-electron chi connectivity index (χ4n) is 3.63. The lowest BCUT2D eigenvalue weighted by Crippen LogP contribution is -2.48. The Morgan fingerprint density at radius 1 is 1.07 bits per heavy atom. The maximum atomic E-state index is 10.9. The van der Waals surface area contributed by atoms with Gasteiger partial charge < -0.3 is 21.1 Å². The number of amides is 2. The number of β-amino-alcohol motifs (C(OH)–C–C–N with tert-alkyl or cyclic N) is 1. The zero-order valence-electron chi connectivity index (χ0n) is 17.8. The van der Waals surface area contributed by atoms with Gasteiger partial charge in [0.1, 0.15) is 0 Å². The first kappa shape index (κ1) is 21.9. The molecule has 0 bridgehead atoms. The third-order valence-electron chi connectivity index (χ3n) is 5.43. The Labute approximate surface area is 179 Å². The smallest absolute Gasteiger partial charge is 0.316 e. The summed E-state index contributed by atoms with van der Waals surface area (Å²) in [7, 11) is 0. The van der Waals surface area contributed by atoms with E-state index in [-0.39, 0.29) is 0 Å². The van der Waals surface area contributed by atoms with E-state index in [1.54, 1.807) is 12.1 Å². The van der Waals surface area contributed by atoms with Crippen LogP contribution in [0.15, 0.2) is 54.6 Å². The number of piperazine rings is 1. The molecule has 2 aromatic rings. The summed E-state index contributed by atoms with van der Waals surface area (Å²) in [5, 5.41) is 12.9. The van der Waals surface area contributed by atoms with Crippen molar-refractivity contribution in [1.82, 2.24) is 4.90 Å². The lowest BCUT2D eigenvalue weighted by atomic mass is 10.0. The van der Waals surface area contributed by atoms with Gasteiger partial charge in [0.15, 0.2) is 0 Å². The van der Waals surface area contributed by atoms with Crippen LogP contribution in [-0.2, 0) is 0 Å². The minimum atomic E-state index is -0.582. The van der Waals surface area contributed by atoms with Crippen LogP contribution in [0.4, 0.5) is 16.2 Å². The molecular formula is C24H32N4O2. The molecule has 0 aliphatic carbocycles. The molecule has 0 spiro atoms. The van der Waals surface area contributed by atoms with E-state index in [9.17, 15) is 9.90 Å². The first-order valence-corrected chi connectivity index (χ1v) is 10.5. The highest BCUT2D eigenvalue weighted by molar-refractivity contribution is 5.87. The number of aliphatic hydroxyl groups excluding tert-OH is 1. The number of rotatable bonds is 7. The Morgan fingerprint density at radius 3 is 2.27 bits per heavy atom. The molecule has 0 radical (unpaired) electrons. The van der Waals surface area contributed by atoms with Gasteiger partial charge in [-0.3, -0.25) is 4.90 Å². The molecule has 0 aromatic heterocycles. The van der Waals surface area contributed by atoms with Gasteiger partial charge in [-0.15, -0.1) is 0 Å². The van der Waals surface area contributed by atoms with Gasteiger partial charge in [-0.1, -0.05) is 50.3 Å². The van der Waals surface area contributed by atoms with Crippen LogP contribution >= 0.6 is 0 Å². The molecular weight excluding hydrogens is 376 g/mol. The van der Waals surface area contributed by atoms with Crippen molar-refractivity contribution in [3.63, 3.8) is 0 Å². The van der Waals surface area contributed by atoms with Crippen LogP contribution in [0.5, 0.6) is 0 Å². The summed E-state index contributed by atoms with van der Waals surface area (Å²) in [6.45, 7) is 8.85. The number of urea groups is 1. The van der Waals surface area contributed by atoms with Gasteiger partial charge in [0, 0.05) is 44.1 Å². The quantitative estimate of drug-likeness (QED) is 0.655. The van der Waals surface area contributed by atoms with E-state index < -0.39 is 12.1 Å². The minimum Gasteiger partial charge on any atom is -0.388 e. The number of hydrogen-bond acceptors (Lipinski definition) is 4. The lowest BCUT2D eigenvalue weighted by molar-refractivity contribution is 0.142. The molecule has 1 unspecified atom stereocenters. The molecule has 1 atom stereocenters. The average Bonchev–Trinajstić information content (AvgIpc) is 2.73. The molecule has 1 aliphatic heterocycles. The standard InChI is InChI=1S/C24H32N4O2/c1-18(2)20-6-10-22(11-7-20)28-15-13-27(14-16-28)17-23(29)12-5-19-3-8-21(9-4-19)26-24(25)30/h3-12,18,23,29H,13-17H2,1-2H3,(H3,25,26,30). The number of benzene rings is 2. The van der Waals surface area contributed by atoms with Gasteiger partial charge in [-0.05, 0) is 41.3 Å². The summed E-state index contributed by atoms with van der Waals surface area (Å²) in [6, 6.07) is 15.6. The number of hydrogen-bond donors (Lipinski definition) is 3. The van der Waals surface area contributed by atoms with Crippen LogP contribution in [0, 0.1) is 0 Å². The third-order valence-corrected chi connectivity index (χ3v) is 5.43. The van der Waals surface area contributed by atoms with E-state index in [1.807, 2.05) is 24.3 Å². The molecule has 4 N–H and O–H groups in total. The Balaban J connectivity index is 1.45. The number of nitrogens with zero attached hydrogens (tertiary/aromatic N) is 2. The molecule has 2 amide bonds. The predicted molar refractivity (Wildman–Crippen MR) is 124 cm³/mol. The Kier molecular flexibility index (Phi) is 7.49. The number of nitrogens with one attached hydrogen (secondary N) is 1. The van der Waals surface area contributed by atoms with Crippen LogP contribution in [0.3, 0.4) is 0 Å². The molecule has 2 aromatic carbocycles. The number of aliphatic hydroxyl groups is 1. The highest BCUT2D eigenvalue weighted by Gasteiger charge is 2.18. The van der Waals surface area contributed by atoms with Crippen LogP contribution in [0.25, 0.3) is 6.08 Å². The molecule has 6 nitrogen and oxygen atoms in total.